The topological polar surface area (TPSA) is 0 Å². The molecule has 0 bridgehead atoms. The lowest BCUT2D eigenvalue weighted by atomic mass is 10.2. The second-order valence-electron chi connectivity index (χ2n) is 3.93. The van der Waals surface area contributed by atoms with Crippen molar-refractivity contribution in [2.45, 2.75) is 21.4 Å². The van der Waals surface area contributed by atoms with Crippen LogP contribution in [0, 0.1) is 0 Å². The fourth-order valence-corrected chi connectivity index (χ4v) is 1.13. The van der Waals surface area contributed by atoms with E-state index in [1.165, 1.54) is 5.56 Å². The Morgan fingerprint density at radius 3 is 1.71 bits per heavy atom. The molecule has 0 spiro atoms. The highest BCUT2D eigenvalue weighted by Crippen LogP contribution is 2.04. The van der Waals surface area contributed by atoms with Crippen LogP contribution < -0.4 is 17.0 Å². The third-order valence-electron chi connectivity index (χ3n) is 1.50. The van der Waals surface area contributed by atoms with Gasteiger partial charge in [0.15, 0.2) is 0 Å². The van der Waals surface area contributed by atoms with Crippen molar-refractivity contribution < 1.29 is 21.5 Å². The molecule has 1 aromatic carbocycles. The minimum atomic E-state index is 0. The van der Waals surface area contributed by atoms with Crippen LogP contribution in [-0.2, 0) is 6.54 Å². The fourth-order valence-electron chi connectivity index (χ4n) is 1.13. The van der Waals surface area contributed by atoms with Crippen LogP contribution in [-0.4, -0.2) is 25.6 Å². The van der Waals surface area contributed by atoms with Crippen molar-refractivity contribution >= 4 is 0 Å². The lowest BCUT2D eigenvalue weighted by Crippen LogP contribution is -3.00. The zero-order chi connectivity index (χ0) is 8.32. The Bertz CT molecular complexity index is 214. The van der Waals surface area contributed by atoms with Crippen LogP contribution in [0.2, 0.25) is 0 Å². The van der Waals surface area contributed by atoms with Crippen molar-refractivity contribution in [3.05, 3.63) is 35.9 Å². The van der Waals surface area contributed by atoms with E-state index < -0.39 is 0 Å². The first kappa shape index (κ1) is 19.3. The first-order valence-electron chi connectivity index (χ1n) is 3.92. The fraction of sp³-hybridized carbons (Fsp3) is 0.500. The molecule has 14 heavy (non-hydrogen) atoms. The molecule has 0 N–H and O–H groups in total. The average molecular weight is 262 g/mol. The number of benzene rings is 1. The van der Waals surface area contributed by atoms with Crippen LogP contribution in [0.3, 0.4) is 0 Å². The largest absolute Gasteiger partial charge is 1.00 e. The molecule has 1 rings (SSSR count). The molecule has 0 aliphatic heterocycles. The Morgan fingerprint density at radius 1 is 0.929 bits per heavy atom. The maximum absolute atomic E-state index is 2.20. The van der Waals surface area contributed by atoms with Crippen LogP contribution in [0.15, 0.2) is 30.3 Å². The minimum absolute atomic E-state index is 0. The maximum atomic E-state index is 2.20. The summed E-state index contributed by atoms with van der Waals surface area (Å²) in [6, 6.07) is 10.6. The SMILES string of the molecule is C.C.C[N+](C)(C)Cc1ccccc1.[Br-]. The Hall–Kier alpha value is -0.340. The third kappa shape index (κ3) is 8.27. The normalized spacial score (nSPS) is 9.07. The van der Waals surface area contributed by atoms with Crippen molar-refractivity contribution in [1.29, 1.82) is 0 Å². The lowest BCUT2D eigenvalue weighted by molar-refractivity contribution is -0.884. The van der Waals surface area contributed by atoms with Gasteiger partial charge in [-0.25, -0.2) is 0 Å². The van der Waals surface area contributed by atoms with Gasteiger partial charge in [-0.3, -0.25) is 0 Å². The van der Waals surface area contributed by atoms with Gasteiger partial charge in [-0.05, 0) is 0 Å². The number of hydrogen-bond donors (Lipinski definition) is 0. The molecule has 0 saturated carbocycles. The molecule has 0 aliphatic rings. The lowest BCUT2D eigenvalue weighted by Gasteiger charge is -2.23. The zero-order valence-corrected chi connectivity index (χ0v) is 9.51. The van der Waals surface area contributed by atoms with E-state index in [-0.39, 0.29) is 31.8 Å². The van der Waals surface area contributed by atoms with Gasteiger partial charge in [-0.15, -0.1) is 0 Å². The average Bonchev–Trinajstić information content (AvgIpc) is 1.85. The number of quaternary nitrogens is 1. The maximum Gasteiger partial charge on any atom is 0.104 e. The van der Waals surface area contributed by atoms with Gasteiger partial charge in [0.05, 0.1) is 21.1 Å². The molecule has 0 atom stereocenters. The van der Waals surface area contributed by atoms with Crippen LogP contribution >= 0.6 is 0 Å². The van der Waals surface area contributed by atoms with Gasteiger partial charge in [0.1, 0.15) is 6.54 Å². The van der Waals surface area contributed by atoms with Gasteiger partial charge in [-0.2, -0.15) is 0 Å². The molecule has 0 aliphatic carbocycles. The van der Waals surface area contributed by atoms with Gasteiger partial charge < -0.3 is 21.5 Å². The highest BCUT2D eigenvalue weighted by Gasteiger charge is 2.06. The minimum Gasteiger partial charge on any atom is -1.00 e. The van der Waals surface area contributed by atoms with Crippen molar-refractivity contribution in [2.24, 2.45) is 0 Å². The number of halogens is 1. The Balaban J connectivity index is -0.000000403. The molecule has 1 aromatic rings. The summed E-state index contributed by atoms with van der Waals surface area (Å²) >= 11 is 0. The Morgan fingerprint density at radius 2 is 1.36 bits per heavy atom. The van der Waals surface area contributed by atoms with Crippen molar-refractivity contribution in [3.8, 4) is 0 Å². The number of nitrogens with zero attached hydrogens (tertiary/aromatic N) is 1. The van der Waals surface area contributed by atoms with E-state index in [1.807, 2.05) is 0 Å². The van der Waals surface area contributed by atoms with Gasteiger partial charge in [0.2, 0.25) is 0 Å². The molecule has 0 fully saturated rings. The summed E-state index contributed by atoms with van der Waals surface area (Å²) in [6.45, 7) is 1.10. The molecule has 0 radical (unpaired) electrons. The molecule has 84 valence electrons. The molecule has 1 nitrogen and oxygen atoms in total. The van der Waals surface area contributed by atoms with Crippen molar-refractivity contribution in [3.63, 3.8) is 0 Å². The van der Waals surface area contributed by atoms with E-state index in [2.05, 4.69) is 51.5 Å². The molecule has 0 amide bonds. The highest BCUT2D eigenvalue weighted by molar-refractivity contribution is 5.13. The van der Waals surface area contributed by atoms with Crippen LogP contribution in [0.5, 0.6) is 0 Å². The summed E-state index contributed by atoms with van der Waals surface area (Å²) in [4.78, 5) is 0. The summed E-state index contributed by atoms with van der Waals surface area (Å²) in [6.07, 6.45) is 0. The smallest absolute Gasteiger partial charge is 0.104 e. The molecular formula is C12H24BrN. The number of rotatable bonds is 2. The summed E-state index contributed by atoms with van der Waals surface area (Å²) in [5.41, 5.74) is 1.40. The Labute approximate surface area is 100 Å². The molecule has 0 unspecified atom stereocenters. The number of hydrogen-bond acceptors (Lipinski definition) is 0. The van der Waals surface area contributed by atoms with E-state index in [9.17, 15) is 0 Å². The predicted octanol–water partition coefficient (Wildman–Crippen LogP) is 0.169. The standard InChI is InChI=1S/C10H16N.2CH4.BrH/c1-11(2,3)9-10-7-5-4-6-8-10;;;/h4-8H,9H2,1-3H3;2*1H4;1H/q+1;;;/p-1. The monoisotopic (exact) mass is 261 g/mol. The van der Waals surface area contributed by atoms with Crippen molar-refractivity contribution in [1.82, 2.24) is 0 Å². The molecule has 0 aromatic heterocycles. The third-order valence-corrected chi connectivity index (χ3v) is 1.50. The van der Waals surface area contributed by atoms with E-state index in [0.29, 0.717) is 0 Å². The zero-order valence-electron chi connectivity index (χ0n) is 7.92. The van der Waals surface area contributed by atoms with Crippen LogP contribution in [0.1, 0.15) is 20.4 Å². The van der Waals surface area contributed by atoms with E-state index in [1.54, 1.807) is 0 Å². The van der Waals surface area contributed by atoms with E-state index in [0.717, 1.165) is 11.0 Å². The highest BCUT2D eigenvalue weighted by atomic mass is 79.9. The van der Waals surface area contributed by atoms with Gasteiger partial charge in [-0.1, -0.05) is 45.2 Å². The Kier molecular flexibility index (Phi) is 11.0. The van der Waals surface area contributed by atoms with Crippen LogP contribution in [0.4, 0.5) is 0 Å². The molecule has 0 heterocycles. The molecule has 0 saturated heterocycles. The summed E-state index contributed by atoms with van der Waals surface area (Å²) in [5.74, 6) is 0. The van der Waals surface area contributed by atoms with Crippen LogP contribution in [0.25, 0.3) is 0 Å². The molecule has 2 heteroatoms. The second kappa shape index (κ2) is 8.01. The predicted molar refractivity (Wildman–Crippen MR) is 61.6 cm³/mol. The molecular weight excluding hydrogens is 238 g/mol. The summed E-state index contributed by atoms with van der Waals surface area (Å²) in [5, 5.41) is 0. The van der Waals surface area contributed by atoms with Gasteiger partial charge in [0.25, 0.3) is 0 Å². The van der Waals surface area contributed by atoms with Gasteiger partial charge in [0, 0.05) is 5.56 Å². The summed E-state index contributed by atoms with van der Waals surface area (Å²) in [7, 11) is 6.60. The first-order chi connectivity index (χ1) is 5.08. The quantitative estimate of drug-likeness (QED) is 0.667. The van der Waals surface area contributed by atoms with Gasteiger partial charge >= 0.3 is 0 Å². The first-order valence-corrected chi connectivity index (χ1v) is 3.92. The van der Waals surface area contributed by atoms with Crippen molar-refractivity contribution in [2.75, 3.05) is 21.1 Å². The second-order valence-corrected chi connectivity index (χ2v) is 3.93. The van der Waals surface area contributed by atoms with E-state index in [4.69, 9.17) is 0 Å². The summed E-state index contributed by atoms with van der Waals surface area (Å²) < 4.78 is 0.990. The van der Waals surface area contributed by atoms with E-state index >= 15 is 0 Å².